The zero-order valence-electron chi connectivity index (χ0n) is 5.98. The van der Waals surface area contributed by atoms with Gasteiger partial charge >= 0.3 is 5.97 Å². The predicted octanol–water partition coefficient (Wildman–Crippen LogP) is 0.508. The minimum absolute atomic E-state index is 0.0344. The monoisotopic (exact) mass is 167 g/mol. The molecule has 0 fully saturated rings. The molecule has 2 rings (SSSR count). The molecule has 1 aliphatic rings. The molecule has 0 amide bonds. The number of carboxylic acid groups (broad SMARTS) is 1. The van der Waals surface area contributed by atoms with Crippen LogP contribution in [0.25, 0.3) is 0 Å². The molecule has 5 nitrogen and oxygen atoms in total. The molecule has 1 aromatic rings. The Morgan fingerprint density at radius 3 is 3.17 bits per heavy atom. The van der Waals surface area contributed by atoms with E-state index in [1.54, 1.807) is 0 Å². The van der Waals surface area contributed by atoms with Crippen molar-refractivity contribution in [3.8, 4) is 11.6 Å². The van der Waals surface area contributed by atoms with Crippen molar-refractivity contribution in [3.05, 3.63) is 17.8 Å². The Kier molecular flexibility index (Phi) is 1.36. The van der Waals surface area contributed by atoms with Crippen molar-refractivity contribution in [2.24, 2.45) is 0 Å². The van der Waals surface area contributed by atoms with Gasteiger partial charge in [-0.05, 0) is 6.07 Å². The zero-order chi connectivity index (χ0) is 8.55. The summed E-state index contributed by atoms with van der Waals surface area (Å²) in [5, 5.41) is 8.69. The average Bonchev–Trinajstić information content (AvgIpc) is 2.49. The maximum atomic E-state index is 10.6. The number of hydrogen-bond acceptors (Lipinski definition) is 4. The Hall–Kier alpha value is -1.78. The average molecular weight is 167 g/mol. The third-order valence-electron chi connectivity index (χ3n) is 1.50. The topological polar surface area (TPSA) is 68.7 Å². The van der Waals surface area contributed by atoms with E-state index in [1.165, 1.54) is 12.3 Å². The summed E-state index contributed by atoms with van der Waals surface area (Å²) in [5.74, 6) is -0.584. The number of fused-ring (bicyclic) bond motifs is 1. The molecule has 0 bridgehead atoms. The molecule has 0 saturated carbocycles. The van der Waals surface area contributed by atoms with Gasteiger partial charge in [0.1, 0.15) is 5.56 Å². The Labute approximate surface area is 67.6 Å². The van der Waals surface area contributed by atoms with Crippen molar-refractivity contribution in [2.45, 2.75) is 0 Å². The van der Waals surface area contributed by atoms with Crippen LogP contribution in [0.2, 0.25) is 0 Å². The highest BCUT2D eigenvalue weighted by molar-refractivity contribution is 5.91. The summed E-state index contributed by atoms with van der Waals surface area (Å²) in [6.45, 7) is 0.0344. The lowest BCUT2D eigenvalue weighted by molar-refractivity contribution is 0.0692. The molecule has 12 heavy (non-hydrogen) atoms. The second-order valence-corrected chi connectivity index (χ2v) is 2.20. The second kappa shape index (κ2) is 2.37. The summed E-state index contributed by atoms with van der Waals surface area (Å²) in [4.78, 5) is 14.4. The number of nitrogens with zero attached hydrogens (tertiary/aromatic N) is 1. The summed E-state index contributed by atoms with van der Waals surface area (Å²) < 4.78 is 9.82. The number of rotatable bonds is 1. The number of aromatic carboxylic acids is 1. The highest BCUT2D eigenvalue weighted by atomic mass is 16.7. The number of carbonyl (C=O) groups is 1. The first-order valence-corrected chi connectivity index (χ1v) is 3.27. The van der Waals surface area contributed by atoms with Crippen LogP contribution in [-0.4, -0.2) is 22.9 Å². The minimum atomic E-state index is -1.04. The van der Waals surface area contributed by atoms with Gasteiger partial charge in [-0.25, -0.2) is 9.78 Å². The molecule has 0 unspecified atom stereocenters. The fourth-order valence-corrected chi connectivity index (χ4v) is 0.984. The Balaban J connectivity index is 2.56. The van der Waals surface area contributed by atoms with E-state index in [0.29, 0.717) is 0 Å². The number of aromatic nitrogens is 1. The molecular weight excluding hydrogens is 162 g/mol. The zero-order valence-corrected chi connectivity index (χ0v) is 5.98. The van der Waals surface area contributed by atoms with Crippen LogP contribution >= 0.6 is 0 Å². The molecule has 1 aliphatic heterocycles. The largest absolute Gasteiger partial charge is 0.478 e. The van der Waals surface area contributed by atoms with Crippen LogP contribution in [0.3, 0.4) is 0 Å². The van der Waals surface area contributed by atoms with E-state index in [-0.39, 0.29) is 24.0 Å². The number of ether oxygens (including phenoxy) is 2. The van der Waals surface area contributed by atoms with E-state index in [9.17, 15) is 4.79 Å². The molecule has 1 N–H and O–H groups in total. The van der Waals surface area contributed by atoms with Crippen LogP contribution < -0.4 is 9.47 Å². The third-order valence-corrected chi connectivity index (χ3v) is 1.50. The lowest BCUT2D eigenvalue weighted by Crippen LogP contribution is -1.99. The van der Waals surface area contributed by atoms with Crippen LogP contribution in [0.5, 0.6) is 11.6 Å². The van der Waals surface area contributed by atoms with E-state index in [4.69, 9.17) is 14.6 Å². The highest BCUT2D eigenvalue weighted by Crippen LogP contribution is 2.32. The number of carboxylic acids is 1. The van der Waals surface area contributed by atoms with Crippen molar-refractivity contribution in [3.63, 3.8) is 0 Å². The first kappa shape index (κ1) is 6.90. The Morgan fingerprint density at radius 1 is 1.58 bits per heavy atom. The van der Waals surface area contributed by atoms with E-state index in [2.05, 4.69) is 4.98 Å². The maximum Gasteiger partial charge on any atom is 0.339 e. The normalized spacial score (nSPS) is 13.0. The van der Waals surface area contributed by atoms with E-state index in [0.717, 1.165) is 0 Å². The first-order chi connectivity index (χ1) is 5.79. The molecule has 0 aliphatic carbocycles. The Bertz CT molecular complexity index is 336. The van der Waals surface area contributed by atoms with Crippen LogP contribution in [-0.2, 0) is 0 Å². The minimum Gasteiger partial charge on any atom is -0.478 e. The van der Waals surface area contributed by atoms with Crippen LogP contribution in [0.4, 0.5) is 0 Å². The van der Waals surface area contributed by atoms with Gasteiger partial charge < -0.3 is 14.6 Å². The van der Waals surface area contributed by atoms with Crippen molar-refractivity contribution < 1.29 is 19.4 Å². The highest BCUT2D eigenvalue weighted by Gasteiger charge is 2.22. The van der Waals surface area contributed by atoms with Gasteiger partial charge in [0.2, 0.25) is 6.79 Å². The molecule has 0 radical (unpaired) electrons. The second-order valence-electron chi connectivity index (χ2n) is 2.20. The van der Waals surface area contributed by atoms with Gasteiger partial charge in [0.25, 0.3) is 5.88 Å². The fraction of sp³-hybridized carbons (Fsp3) is 0.143. The maximum absolute atomic E-state index is 10.6. The summed E-state index contributed by atoms with van der Waals surface area (Å²) in [5.41, 5.74) is 0.0810. The molecular formula is C7H5NO4. The van der Waals surface area contributed by atoms with Crippen molar-refractivity contribution in [2.75, 3.05) is 6.79 Å². The van der Waals surface area contributed by atoms with Gasteiger partial charge in [-0.15, -0.1) is 0 Å². The molecule has 0 saturated heterocycles. The first-order valence-electron chi connectivity index (χ1n) is 3.27. The van der Waals surface area contributed by atoms with Gasteiger partial charge in [-0.2, -0.15) is 0 Å². The van der Waals surface area contributed by atoms with Crippen molar-refractivity contribution in [1.29, 1.82) is 0 Å². The van der Waals surface area contributed by atoms with Crippen LogP contribution in [0, 0.1) is 0 Å². The van der Waals surface area contributed by atoms with Gasteiger partial charge in [0.15, 0.2) is 5.75 Å². The third kappa shape index (κ3) is 0.868. The summed E-state index contributed by atoms with van der Waals surface area (Å²) in [7, 11) is 0. The smallest absolute Gasteiger partial charge is 0.339 e. The van der Waals surface area contributed by atoms with Crippen LogP contribution in [0.1, 0.15) is 10.4 Å². The van der Waals surface area contributed by atoms with Crippen LogP contribution in [0.15, 0.2) is 12.3 Å². The fourth-order valence-electron chi connectivity index (χ4n) is 0.984. The van der Waals surface area contributed by atoms with E-state index in [1.807, 2.05) is 0 Å². The number of pyridine rings is 1. The number of hydrogen-bond donors (Lipinski definition) is 1. The molecule has 62 valence electrons. The van der Waals surface area contributed by atoms with Gasteiger partial charge in [-0.1, -0.05) is 0 Å². The van der Waals surface area contributed by atoms with E-state index >= 15 is 0 Å². The quantitative estimate of drug-likeness (QED) is 0.659. The molecule has 2 heterocycles. The predicted molar refractivity (Wildman–Crippen MR) is 37.3 cm³/mol. The Morgan fingerprint density at radius 2 is 2.42 bits per heavy atom. The molecule has 1 aromatic heterocycles. The van der Waals surface area contributed by atoms with Gasteiger partial charge in [-0.3, -0.25) is 0 Å². The summed E-state index contributed by atoms with van der Waals surface area (Å²) in [6, 6.07) is 1.37. The summed E-state index contributed by atoms with van der Waals surface area (Å²) in [6.07, 6.45) is 1.37. The SMILES string of the molecule is O=C(O)c1ccnc2c1OCO2. The lowest BCUT2D eigenvalue weighted by atomic mass is 10.2. The van der Waals surface area contributed by atoms with Gasteiger partial charge in [0.05, 0.1) is 0 Å². The van der Waals surface area contributed by atoms with E-state index < -0.39 is 5.97 Å². The molecule has 5 heteroatoms. The van der Waals surface area contributed by atoms with Crippen molar-refractivity contribution >= 4 is 5.97 Å². The van der Waals surface area contributed by atoms with Gasteiger partial charge in [0, 0.05) is 6.20 Å². The molecule has 0 atom stereocenters. The molecule has 0 spiro atoms. The molecule has 0 aromatic carbocycles. The standard InChI is InChI=1S/C7H5NO4/c9-7(10)4-1-2-8-6-5(4)11-3-12-6/h1-2H,3H2,(H,9,10). The lowest BCUT2D eigenvalue weighted by Gasteiger charge is -1.97. The van der Waals surface area contributed by atoms with Crippen molar-refractivity contribution in [1.82, 2.24) is 4.98 Å². The summed E-state index contributed by atoms with van der Waals surface area (Å²) >= 11 is 0.